The van der Waals surface area contributed by atoms with E-state index in [9.17, 15) is 9.90 Å². The number of phenolic OH excluding ortho intramolecular Hbond substituents is 1. The Bertz CT molecular complexity index is 413. The molecule has 1 rings (SSSR count). The zero-order chi connectivity index (χ0) is 10.6. The van der Waals surface area contributed by atoms with Crippen LogP contribution >= 0.6 is 0 Å². The third-order valence-electron chi connectivity index (χ3n) is 1.71. The van der Waals surface area contributed by atoms with E-state index in [-0.39, 0.29) is 11.7 Å². The van der Waals surface area contributed by atoms with Gasteiger partial charge >= 0.3 is 0 Å². The molecule has 3 heteroatoms. The van der Waals surface area contributed by atoms with Crippen LogP contribution in [0.4, 0.5) is 5.69 Å². The number of benzene rings is 1. The fraction of sp³-hybridized carbons (Fsp3) is 0.182. The fourth-order valence-electron chi connectivity index (χ4n) is 0.963. The molecule has 0 aliphatic heterocycles. The minimum Gasteiger partial charge on any atom is -0.508 e. The summed E-state index contributed by atoms with van der Waals surface area (Å²) in [6.45, 7) is 3.37. The molecule has 72 valence electrons. The number of amides is 1. The van der Waals surface area contributed by atoms with Gasteiger partial charge in [0.05, 0.1) is 0 Å². The van der Waals surface area contributed by atoms with Crippen LogP contribution in [0, 0.1) is 18.8 Å². The van der Waals surface area contributed by atoms with Crippen molar-refractivity contribution >= 4 is 11.6 Å². The Balaban J connectivity index is 2.81. The molecule has 0 bridgehead atoms. The van der Waals surface area contributed by atoms with E-state index < -0.39 is 0 Å². The molecular weight excluding hydrogens is 178 g/mol. The molecule has 0 saturated carbocycles. The van der Waals surface area contributed by atoms with Gasteiger partial charge in [0.15, 0.2) is 0 Å². The van der Waals surface area contributed by atoms with Crippen molar-refractivity contribution in [1.82, 2.24) is 0 Å². The van der Waals surface area contributed by atoms with E-state index in [0.717, 1.165) is 5.56 Å². The number of anilines is 1. The summed E-state index contributed by atoms with van der Waals surface area (Å²) in [5.74, 6) is 4.62. The van der Waals surface area contributed by atoms with Crippen LogP contribution in [0.1, 0.15) is 12.5 Å². The van der Waals surface area contributed by atoms with E-state index in [1.54, 1.807) is 26.0 Å². The molecule has 0 aliphatic carbocycles. The summed E-state index contributed by atoms with van der Waals surface area (Å²) in [7, 11) is 0. The Hall–Kier alpha value is -1.95. The molecule has 0 saturated heterocycles. The standard InChI is InChI=1S/C11H11NO2/c1-3-4-11(14)12-9-6-5-8(2)10(13)7-9/h5-7,13H,1-2H3,(H,12,14). The molecule has 1 amide bonds. The molecule has 0 atom stereocenters. The van der Waals surface area contributed by atoms with Gasteiger partial charge in [-0.1, -0.05) is 12.0 Å². The minimum absolute atomic E-state index is 0.159. The van der Waals surface area contributed by atoms with Crippen molar-refractivity contribution in [3.05, 3.63) is 23.8 Å². The average Bonchev–Trinajstić information content (AvgIpc) is 2.12. The Morgan fingerprint density at radius 3 is 2.79 bits per heavy atom. The van der Waals surface area contributed by atoms with Gasteiger partial charge in [-0.25, -0.2) is 0 Å². The van der Waals surface area contributed by atoms with Crippen LogP contribution in [-0.2, 0) is 4.79 Å². The lowest BCUT2D eigenvalue weighted by Crippen LogP contribution is -2.08. The van der Waals surface area contributed by atoms with Crippen molar-refractivity contribution < 1.29 is 9.90 Å². The maximum Gasteiger partial charge on any atom is 0.300 e. The first-order valence-corrected chi connectivity index (χ1v) is 4.17. The van der Waals surface area contributed by atoms with Gasteiger partial charge in [-0.15, -0.1) is 0 Å². The number of aromatic hydroxyl groups is 1. The van der Waals surface area contributed by atoms with Crippen LogP contribution in [-0.4, -0.2) is 11.0 Å². The molecule has 2 N–H and O–H groups in total. The summed E-state index contributed by atoms with van der Waals surface area (Å²) in [4.78, 5) is 11.0. The number of phenols is 1. The maximum absolute atomic E-state index is 11.0. The van der Waals surface area contributed by atoms with Crippen LogP contribution in [0.15, 0.2) is 18.2 Å². The second kappa shape index (κ2) is 4.33. The predicted octanol–water partition coefficient (Wildman–Crippen LogP) is 1.66. The maximum atomic E-state index is 11.0. The first-order chi connectivity index (χ1) is 6.63. The fourth-order valence-corrected chi connectivity index (χ4v) is 0.963. The van der Waals surface area contributed by atoms with Crippen molar-refractivity contribution in [3.8, 4) is 17.6 Å². The summed E-state index contributed by atoms with van der Waals surface area (Å²) in [6.07, 6.45) is 0. The lowest BCUT2D eigenvalue weighted by Gasteiger charge is -2.03. The zero-order valence-corrected chi connectivity index (χ0v) is 8.09. The number of carbonyl (C=O) groups excluding carboxylic acids is 1. The van der Waals surface area contributed by atoms with Gasteiger partial charge in [-0.3, -0.25) is 4.79 Å². The SMILES string of the molecule is CC#CC(=O)Nc1ccc(C)c(O)c1. The summed E-state index contributed by atoms with van der Waals surface area (Å²) in [5, 5.41) is 11.9. The highest BCUT2D eigenvalue weighted by Crippen LogP contribution is 2.20. The van der Waals surface area contributed by atoms with Crippen LogP contribution in [0.25, 0.3) is 0 Å². The molecular formula is C11H11NO2. The largest absolute Gasteiger partial charge is 0.508 e. The summed E-state index contributed by atoms with van der Waals surface area (Å²) >= 11 is 0. The summed E-state index contributed by atoms with van der Waals surface area (Å²) < 4.78 is 0. The van der Waals surface area contributed by atoms with Gasteiger partial charge in [0, 0.05) is 11.8 Å². The van der Waals surface area contributed by atoms with E-state index in [1.807, 2.05) is 0 Å². The molecule has 0 heterocycles. The minimum atomic E-state index is -0.379. The molecule has 1 aromatic rings. The molecule has 0 aliphatic rings. The normalized spacial score (nSPS) is 8.71. The number of rotatable bonds is 1. The first kappa shape index (κ1) is 10.1. The van der Waals surface area contributed by atoms with Crippen molar-refractivity contribution in [2.75, 3.05) is 5.32 Å². The van der Waals surface area contributed by atoms with Crippen molar-refractivity contribution in [2.24, 2.45) is 0 Å². The second-order valence-corrected chi connectivity index (χ2v) is 2.83. The summed E-state index contributed by atoms with van der Waals surface area (Å²) in [5.41, 5.74) is 1.31. The van der Waals surface area contributed by atoms with E-state index in [1.165, 1.54) is 6.07 Å². The number of hydrogen-bond donors (Lipinski definition) is 2. The molecule has 3 nitrogen and oxygen atoms in total. The third-order valence-corrected chi connectivity index (χ3v) is 1.71. The van der Waals surface area contributed by atoms with Gasteiger partial charge in [0.25, 0.3) is 5.91 Å². The molecule has 0 radical (unpaired) electrons. The van der Waals surface area contributed by atoms with Gasteiger partial charge in [-0.2, -0.15) is 0 Å². The number of hydrogen-bond acceptors (Lipinski definition) is 2. The molecule has 0 aromatic heterocycles. The van der Waals surface area contributed by atoms with Gasteiger partial charge in [0.1, 0.15) is 5.75 Å². The quantitative estimate of drug-likeness (QED) is 0.660. The van der Waals surface area contributed by atoms with Crippen LogP contribution in [0.5, 0.6) is 5.75 Å². The van der Waals surface area contributed by atoms with E-state index in [0.29, 0.717) is 5.69 Å². The van der Waals surface area contributed by atoms with Crippen LogP contribution in [0.3, 0.4) is 0 Å². The number of aryl methyl sites for hydroxylation is 1. The average molecular weight is 189 g/mol. The monoisotopic (exact) mass is 189 g/mol. The van der Waals surface area contributed by atoms with Crippen molar-refractivity contribution in [2.45, 2.75) is 13.8 Å². The van der Waals surface area contributed by atoms with Gasteiger partial charge in [0.2, 0.25) is 0 Å². The molecule has 1 aromatic carbocycles. The van der Waals surface area contributed by atoms with Crippen LogP contribution < -0.4 is 5.32 Å². The molecule has 0 spiro atoms. The first-order valence-electron chi connectivity index (χ1n) is 4.17. The highest BCUT2D eigenvalue weighted by Gasteiger charge is 2.00. The molecule has 0 unspecified atom stereocenters. The lowest BCUT2D eigenvalue weighted by atomic mass is 10.2. The second-order valence-electron chi connectivity index (χ2n) is 2.83. The summed E-state index contributed by atoms with van der Waals surface area (Å²) in [6, 6.07) is 4.93. The third kappa shape index (κ3) is 2.53. The Kier molecular flexibility index (Phi) is 3.14. The smallest absolute Gasteiger partial charge is 0.300 e. The Morgan fingerprint density at radius 2 is 2.21 bits per heavy atom. The predicted molar refractivity (Wildman–Crippen MR) is 54.9 cm³/mol. The van der Waals surface area contributed by atoms with E-state index >= 15 is 0 Å². The Labute approximate surface area is 82.8 Å². The van der Waals surface area contributed by atoms with Crippen molar-refractivity contribution in [1.29, 1.82) is 0 Å². The van der Waals surface area contributed by atoms with E-state index in [4.69, 9.17) is 0 Å². The molecule has 14 heavy (non-hydrogen) atoms. The number of carbonyl (C=O) groups is 1. The molecule has 0 fully saturated rings. The van der Waals surface area contributed by atoms with Crippen LogP contribution in [0.2, 0.25) is 0 Å². The topological polar surface area (TPSA) is 49.3 Å². The highest BCUT2D eigenvalue weighted by atomic mass is 16.3. The Morgan fingerprint density at radius 1 is 1.50 bits per heavy atom. The lowest BCUT2D eigenvalue weighted by molar-refractivity contribution is -0.111. The highest BCUT2D eigenvalue weighted by molar-refractivity contribution is 6.03. The zero-order valence-electron chi connectivity index (χ0n) is 8.09. The number of nitrogens with one attached hydrogen (secondary N) is 1. The van der Waals surface area contributed by atoms with E-state index in [2.05, 4.69) is 17.2 Å². The van der Waals surface area contributed by atoms with Crippen molar-refractivity contribution in [3.63, 3.8) is 0 Å². The van der Waals surface area contributed by atoms with Gasteiger partial charge in [-0.05, 0) is 31.4 Å². The van der Waals surface area contributed by atoms with Gasteiger partial charge < -0.3 is 10.4 Å².